The van der Waals surface area contributed by atoms with Gasteiger partial charge in [-0.2, -0.15) is 0 Å². The summed E-state index contributed by atoms with van der Waals surface area (Å²) in [5.74, 6) is 0. The lowest BCUT2D eigenvalue weighted by molar-refractivity contribution is 0.371. The first-order valence-electron chi connectivity index (χ1n) is 2.70. The van der Waals surface area contributed by atoms with E-state index in [0.29, 0.717) is 0 Å². The lowest BCUT2D eigenvalue weighted by atomic mass is 10.6. The minimum Gasteiger partial charge on any atom is -0.487 e. The molecule has 0 aliphatic carbocycles. The predicted octanol–water partition coefficient (Wildman–Crippen LogP) is 1.17. The molecule has 0 aliphatic rings. The minimum absolute atomic E-state index is 0.00463. The Balaban J connectivity index is 3.52. The number of aliphatic hydroxyl groups is 1. The van der Waals surface area contributed by atoms with Crippen LogP contribution in [0.4, 0.5) is 0 Å². The van der Waals surface area contributed by atoms with Gasteiger partial charge in [-0.3, -0.25) is 0 Å². The summed E-state index contributed by atoms with van der Waals surface area (Å²) in [5, 5.41) is 8.66. The van der Waals surface area contributed by atoms with Gasteiger partial charge in [0.15, 0.2) is 0 Å². The average Bonchev–Trinajstić information content (AvgIpc) is 1.69. The zero-order valence-corrected chi connectivity index (χ0v) is 6.03. The third-order valence-corrected chi connectivity index (χ3v) is 1.29. The average molecular weight is 133 g/mol. The molecule has 0 unspecified atom stereocenters. The number of thiocarbonyl (C=S) groups is 1. The molecule has 0 fully saturated rings. The van der Waals surface area contributed by atoms with Crippen molar-refractivity contribution >= 4 is 17.4 Å². The summed E-state index contributed by atoms with van der Waals surface area (Å²) in [5.41, 5.74) is 0. The van der Waals surface area contributed by atoms with Crippen LogP contribution in [-0.4, -0.2) is 28.3 Å². The summed E-state index contributed by atoms with van der Waals surface area (Å²) >= 11 is 4.50. The lowest BCUT2D eigenvalue weighted by Crippen LogP contribution is -2.28. The van der Waals surface area contributed by atoms with Crippen molar-refractivity contribution in [3.8, 4) is 0 Å². The Bertz CT molecular complexity index is 80.5. The molecule has 0 aromatic carbocycles. The van der Waals surface area contributed by atoms with Gasteiger partial charge < -0.3 is 10.0 Å². The number of hydrogen-bond donors (Lipinski definition) is 1. The summed E-state index contributed by atoms with van der Waals surface area (Å²) < 4.78 is 0. The predicted molar refractivity (Wildman–Crippen MR) is 38.1 cm³/mol. The van der Waals surface area contributed by atoms with Crippen molar-refractivity contribution in [1.82, 2.24) is 4.90 Å². The van der Waals surface area contributed by atoms with Gasteiger partial charge in [0.1, 0.15) is 0 Å². The molecule has 0 amide bonds. The summed E-state index contributed by atoms with van der Waals surface area (Å²) in [6.45, 7) is 5.47. The number of hydrogen-bond acceptors (Lipinski definition) is 1. The minimum atomic E-state index is -0.00463. The van der Waals surface area contributed by atoms with Crippen LogP contribution in [0.1, 0.15) is 13.8 Å². The van der Waals surface area contributed by atoms with Crippen LogP contribution in [0.25, 0.3) is 0 Å². The highest BCUT2D eigenvalue weighted by molar-refractivity contribution is 7.79. The highest BCUT2D eigenvalue weighted by atomic mass is 32.1. The van der Waals surface area contributed by atoms with E-state index in [1.807, 2.05) is 13.8 Å². The van der Waals surface area contributed by atoms with Crippen molar-refractivity contribution in [3.05, 3.63) is 0 Å². The van der Waals surface area contributed by atoms with E-state index in [1.165, 1.54) is 0 Å². The van der Waals surface area contributed by atoms with Crippen LogP contribution < -0.4 is 0 Å². The van der Waals surface area contributed by atoms with E-state index in [9.17, 15) is 0 Å². The second kappa shape index (κ2) is 3.66. The van der Waals surface area contributed by atoms with Gasteiger partial charge in [0.25, 0.3) is 5.17 Å². The molecular formula is C5H11NOS. The second-order valence-electron chi connectivity index (χ2n) is 1.45. The van der Waals surface area contributed by atoms with Gasteiger partial charge in [-0.1, -0.05) is 0 Å². The SMILES string of the molecule is CCN(CC)C(O)=S. The third kappa shape index (κ3) is 2.12. The molecule has 0 heterocycles. The molecule has 2 nitrogen and oxygen atoms in total. The molecule has 8 heavy (non-hydrogen) atoms. The largest absolute Gasteiger partial charge is 0.487 e. The maximum absolute atomic E-state index is 8.67. The maximum Gasteiger partial charge on any atom is 0.256 e. The summed E-state index contributed by atoms with van der Waals surface area (Å²) in [6.07, 6.45) is 0. The second-order valence-corrected chi connectivity index (χ2v) is 1.82. The van der Waals surface area contributed by atoms with Gasteiger partial charge in [0, 0.05) is 13.1 Å². The van der Waals surface area contributed by atoms with E-state index in [4.69, 9.17) is 5.11 Å². The van der Waals surface area contributed by atoms with Crippen molar-refractivity contribution in [3.63, 3.8) is 0 Å². The first-order valence-corrected chi connectivity index (χ1v) is 3.11. The molecule has 0 radical (unpaired) electrons. The molecule has 0 spiro atoms. The Morgan fingerprint density at radius 1 is 1.50 bits per heavy atom. The van der Waals surface area contributed by atoms with E-state index < -0.39 is 0 Å². The third-order valence-electron chi connectivity index (χ3n) is 1.03. The molecule has 3 heteroatoms. The fraction of sp³-hybridized carbons (Fsp3) is 0.800. The molecular weight excluding hydrogens is 122 g/mol. The number of rotatable bonds is 2. The normalized spacial score (nSPS) is 8.75. The molecule has 0 aromatic rings. The monoisotopic (exact) mass is 133 g/mol. The molecule has 0 rings (SSSR count). The van der Waals surface area contributed by atoms with Crippen LogP contribution in [0, 0.1) is 0 Å². The zero-order chi connectivity index (χ0) is 6.57. The Morgan fingerprint density at radius 2 is 1.88 bits per heavy atom. The summed E-state index contributed by atoms with van der Waals surface area (Å²) in [7, 11) is 0. The van der Waals surface area contributed by atoms with Crippen molar-refractivity contribution in [2.24, 2.45) is 0 Å². The van der Waals surface area contributed by atoms with Crippen molar-refractivity contribution in [2.75, 3.05) is 13.1 Å². The fourth-order valence-electron chi connectivity index (χ4n) is 0.494. The quantitative estimate of drug-likeness (QED) is 0.572. The van der Waals surface area contributed by atoms with Gasteiger partial charge >= 0.3 is 0 Å². The van der Waals surface area contributed by atoms with E-state index in [0.717, 1.165) is 13.1 Å². The standard InChI is InChI=1S/C5H11NOS/c1-3-6(4-2)5(7)8/h3-4H2,1-2H3,(H,7,8). The molecule has 0 bridgehead atoms. The molecule has 0 atom stereocenters. The molecule has 0 aromatic heterocycles. The van der Waals surface area contributed by atoms with Crippen LogP contribution in [0.5, 0.6) is 0 Å². The summed E-state index contributed by atoms with van der Waals surface area (Å²) in [4.78, 5) is 1.70. The number of aliphatic hydroxyl groups excluding tert-OH is 1. The van der Waals surface area contributed by atoms with Gasteiger partial charge in [0.05, 0.1) is 0 Å². The Morgan fingerprint density at radius 3 is 1.88 bits per heavy atom. The van der Waals surface area contributed by atoms with E-state index in [-0.39, 0.29) is 5.17 Å². The first kappa shape index (κ1) is 7.69. The summed E-state index contributed by atoms with van der Waals surface area (Å²) in [6, 6.07) is 0. The smallest absolute Gasteiger partial charge is 0.256 e. The van der Waals surface area contributed by atoms with Gasteiger partial charge in [-0.15, -0.1) is 0 Å². The van der Waals surface area contributed by atoms with E-state index in [2.05, 4.69) is 12.2 Å². The van der Waals surface area contributed by atoms with Crippen LogP contribution in [0.2, 0.25) is 0 Å². The zero-order valence-electron chi connectivity index (χ0n) is 5.22. The van der Waals surface area contributed by atoms with E-state index >= 15 is 0 Å². The van der Waals surface area contributed by atoms with Crippen molar-refractivity contribution in [1.29, 1.82) is 0 Å². The van der Waals surface area contributed by atoms with Gasteiger partial charge in [0.2, 0.25) is 0 Å². The Labute approximate surface area is 55.1 Å². The van der Waals surface area contributed by atoms with Gasteiger partial charge in [-0.25, -0.2) is 0 Å². The molecule has 0 aliphatic heterocycles. The molecule has 48 valence electrons. The molecule has 0 saturated heterocycles. The van der Waals surface area contributed by atoms with Crippen molar-refractivity contribution in [2.45, 2.75) is 13.8 Å². The van der Waals surface area contributed by atoms with Gasteiger partial charge in [-0.05, 0) is 26.1 Å². The van der Waals surface area contributed by atoms with E-state index in [1.54, 1.807) is 4.90 Å². The highest BCUT2D eigenvalue weighted by Gasteiger charge is 1.98. The lowest BCUT2D eigenvalue weighted by Gasteiger charge is -2.15. The number of nitrogens with zero attached hydrogens (tertiary/aromatic N) is 1. The highest BCUT2D eigenvalue weighted by Crippen LogP contribution is 1.85. The van der Waals surface area contributed by atoms with Crippen LogP contribution in [0.3, 0.4) is 0 Å². The van der Waals surface area contributed by atoms with Crippen LogP contribution in [0.15, 0.2) is 0 Å². The van der Waals surface area contributed by atoms with Crippen LogP contribution in [-0.2, 0) is 0 Å². The Hall–Kier alpha value is -0.310. The maximum atomic E-state index is 8.67. The fourth-order valence-corrected chi connectivity index (χ4v) is 0.752. The molecule has 0 saturated carbocycles. The topological polar surface area (TPSA) is 23.5 Å². The Kier molecular flexibility index (Phi) is 3.52. The van der Waals surface area contributed by atoms with Crippen LogP contribution >= 0.6 is 12.2 Å². The first-order chi connectivity index (χ1) is 3.72. The molecule has 1 N–H and O–H groups in total. The van der Waals surface area contributed by atoms with Crippen molar-refractivity contribution < 1.29 is 5.11 Å².